The lowest BCUT2D eigenvalue weighted by Crippen LogP contribution is -2.48. The van der Waals surface area contributed by atoms with Gasteiger partial charge in [0, 0.05) is 13.2 Å². The van der Waals surface area contributed by atoms with Crippen molar-refractivity contribution < 1.29 is 9.47 Å². The zero-order chi connectivity index (χ0) is 9.73. The smallest absolute Gasteiger partial charge is 0.0828 e. The Morgan fingerprint density at radius 3 is 2.92 bits per heavy atom. The molecular formula is C10H21NO2. The summed E-state index contributed by atoms with van der Waals surface area (Å²) in [5, 5.41) is 0. The summed E-state index contributed by atoms with van der Waals surface area (Å²) in [7, 11) is 0. The summed E-state index contributed by atoms with van der Waals surface area (Å²) in [5.74, 6) is 0. The van der Waals surface area contributed by atoms with Crippen LogP contribution in [0.15, 0.2) is 0 Å². The summed E-state index contributed by atoms with van der Waals surface area (Å²) in [6.07, 6.45) is 3.23. The summed E-state index contributed by atoms with van der Waals surface area (Å²) in [5.41, 5.74) is 5.86. The van der Waals surface area contributed by atoms with E-state index in [1.165, 1.54) is 0 Å². The van der Waals surface area contributed by atoms with E-state index >= 15 is 0 Å². The van der Waals surface area contributed by atoms with E-state index in [9.17, 15) is 0 Å². The molecule has 0 radical (unpaired) electrons. The lowest BCUT2D eigenvalue weighted by atomic mass is 9.94. The third kappa shape index (κ3) is 2.93. The highest BCUT2D eigenvalue weighted by Gasteiger charge is 2.36. The second-order valence-corrected chi connectivity index (χ2v) is 3.95. The van der Waals surface area contributed by atoms with Gasteiger partial charge in [0.05, 0.1) is 18.2 Å². The van der Waals surface area contributed by atoms with Gasteiger partial charge < -0.3 is 15.2 Å². The average Bonchev–Trinajstić information content (AvgIpc) is 2.54. The number of hydrogen-bond donors (Lipinski definition) is 1. The van der Waals surface area contributed by atoms with Gasteiger partial charge in [-0.2, -0.15) is 0 Å². The first kappa shape index (κ1) is 11.0. The van der Waals surface area contributed by atoms with Crippen molar-refractivity contribution >= 4 is 0 Å². The molecule has 13 heavy (non-hydrogen) atoms. The van der Waals surface area contributed by atoms with E-state index in [4.69, 9.17) is 15.2 Å². The highest BCUT2D eigenvalue weighted by Crippen LogP contribution is 2.27. The van der Waals surface area contributed by atoms with Crippen LogP contribution >= 0.6 is 0 Å². The standard InChI is InChI=1S/C10H21NO2/c1-3-6-12-8-9(11)10(2)5-4-7-13-10/h9H,3-8,11H2,1-2H3. The van der Waals surface area contributed by atoms with Crippen LogP contribution in [0.2, 0.25) is 0 Å². The quantitative estimate of drug-likeness (QED) is 0.660. The molecule has 1 heterocycles. The molecule has 1 aliphatic heterocycles. The summed E-state index contributed by atoms with van der Waals surface area (Å²) in [6.45, 7) is 6.44. The molecule has 78 valence electrons. The van der Waals surface area contributed by atoms with Crippen LogP contribution in [0.1, 0.15) is 33.1 Å². The van der Waals surface area contributed by atoms with Crippen molar-refractivity contribution in [3.05, 3.63) is 0 Å². The van der Waals surface area contributed by atoms with E-state index < -0.39 is 0 Å². The Kier molecular flexibility index (Phi) is 4.16. The van der Waals surface area contributed by atoms with E-state index in [-0.39, 0.29) is 11.6 Å². The fraction of sp³-hybridized carbons (Fsp3) is 1.00. The van der Waals surface area contributed by atoms with Crippen molar-refractivity contribution in [2.45, 2.75) is 44.8 Å². The Bertz CT molecular complexity index is 144. The molecule has 2 unspecified atom stereocenters. The highest BCUT2D eigenvalue weighted by atomic mass is 16.5. The van der Waals surface area contributed by atoms with Crippen molar-refractivity contribution in [1.82, 2.24) is 0 Å². The van der Waals surface area contributed by atoms with Gasteiger partial charge in [0.1, 0.15) is 0 Å². The lowest BCUT2D eigenvalue weighted by molar-refractivity contribution is -0.0276. The first-order valence-electron chi connectivity index (χ1n) is 5.16. The maximum absolute atomic E-state index is 6.00. The molecule has 2 atom stereocenters. The van der Waals surface area contributed by atoms with Gasteiger partial charge >= 0.3 is 0 Å². The van der Waals surface area contributed by atoms with Crippen molar-refractivity contribution in [3.8, 4) is 0 Å². The summed E-state index contributed by atoms with van der Waals surface area (Å²) >= 11 is 0. The molecule has 0 bridgehead atoms. The largest absolute Gasteiger partial charge is 0.380 e. The van der Waals surface area contributed by atoms with E-state index in [1.54, 1.807) is 0 Å². The first-order chi connectivity index (χ1) is 6.19. The molecule has 3 nitrogen and oxygen atoms in total. The molecule has 1 aliphatic rings. The van der Waals surface area contributed by atoms with E-state index in [0.717, 1.165) is 32.5 Å². The second kappa shape index (κ2) is 4.94. The second-order valence-electron chi connectivity index (χ2n) is 3.95. The molecular weight excluding hydrogens is 166 g/mol. The van der Waals surface area contributed by atoms with Gasteiger partial charge in [0.15, 0.2) is 0 Å². The number of nitrogens with two attached hydrogens (primary N) is 1. The van der Waals surface area contributed by atoms with Gasteiger partial charge in [0.25, 0.3) is 0 Å². The predicted molar refractivity (Wildman–Crippen MR) is 52.7 cm³/mol. The van der Waals surface area contributed by atoms with Gasteiger partial charge in [-0.25, -0.2) is 0 Å². The van der Waals surface area contributed by atoms with Gasteiger partial charge in [-0.15, -0.1) is 0 Å². The monoisotopic (exact) mass is 187 g/mol. The summed E-state index contributed by atoms with van der Waals surface area (Å²) in [4.78, 5) is 0. The fourth-order valence-corrected chi connectivity index (χ4v) is 1.62. The average molecular weight is 187 g/mol. The van der Waals surface area contributed by atoms with E-state index in [2.05, 4.69) is 13.8 Å². The number of ether oxygens (including phenoxy) is 2. The zero-order valence-electron chi connectivity index (χ0n) is 8.71. The van der Waals surface area contributed by atoms with Crippen LogP contribution in [-0.4, -0.2) is 31.5 Å². The first-order valence-corrected chi connectivity index (χ1v) is 5.16. The van der Waals surface area contributed by atoms with Crippen LogP contribution in [0.5, 0.6) is 0 Å². The minimum atomic E-state index is -0.145. The Labute approximate surface area is 80.6 Å². The fourth-order valence-electron chi connectivity index (χ4n) is 1.62. The van der Waals surface area contributed by atoms with Crippen LogP contribution < -0.4 is 5.73 Å². The minimum absolute atomic E-state index is 0.0153. The molecule has 2 N–H and O–H groups in total. The molecule has 1 rings (SSSR count). The lowest BCUT2D eigenvalue weighted by Gasteiger charge is -2.30. The Balaban J connectivity index is 2.24. The molecule has 0 spiro atoms. The summed E-state index contributed by atoms with van der Waals surface area (Å²) < 4.78 is 11.0. The molecule has 0 saturated carbocycles. The van der Waals surface area contributed by atoms with Crippen molar-refractivity contribution in [2.75, 3.05) is 19.8 Å². The minimum Gasteiger partial charge on any atom is -0.380 e. The molecule has 0 aromatic heterocycles. The predicted octanol–water partition coefficient (Wildman–Crippen LogP) is 1.31. The molecule has 1 fully saturated rings. The molecule has 0 aromatic carbocycles. The van der Waals surface area contributed by atoms with Crippen molar-refractivity contribution in [3.63, 3.8) is 0 Å². The maximum Gasteiger partial charge on any atom is 0.0828 e. The zero-order valence-corrected chi connectivity index (χ0v) is 8.71. The third-order valence-corrected chi connectivity index (χ3v) is 2.68. The van der Waals surface area contributed by atoms with Crippen LogP contribution in [0.4, 0.5) is 0 Å². The third-order valence-electron chi connectivity index (χ3n) is 2.68. The van der Waals surface area contributed by atoms with Crippen molar-refractivity contribution in [1.29, 1.82) is 0 Å². The van der Waals surface area contributed by atoms with Gasteiger partial charge in [0.2, 0.25) is 0 Å². The topological polar surface area (TPSA) is 44.5 Å². The number of rotatable bonds is 5. The highest BCUT2D eigenvalue weighted by molar-refractivity contribution is 4.90. The van der Waals surface area contributed by atoms with Gasteiger partial charge in [-0.05, 0) is 26.2 Å². The Morgan fingerprint density at radius 1 is 1.62 bits per heavy atom. The van der Waals surface area contributed by atoms with Crippen LogP contribution in [0.3, 0.4) is 0 Å². The molecule has 0 aromatic rings. The molecule has 0 amide bonds. The van der Waals surface area contributed by atoms with Gasteiger partial charge in [-0.1, -0.05) is 6.92 Å². The molecule has 1 saturated heterocycles. The van der Waals surface area contributed by atoms with Crippen molar-refractivity contribution in [2.24, 2.45) is 5.73 Å². The van der Waals surface area contributed by atoms with E-state index in [1.807, 2.05) is 0 Å². The summed E-state index contributed by atoms with van der Waals surface area (Å²) in [6, 6.07) is 0.0153. The Hall–Kier alpha value is -0.120. The van der Waals surface area contributed by atoms with E-state index in [0.29, 0.717) is 6.61 Å². The Morgan fingerprint density at radius 2 is 2.38 bits per heavy atom. The van der Waals surface area contributed by atoms with Crippen LogP contribution in [0, 0.1) is 0 Å². The molecule has 3 heteroatoms. The van der Waals surface area contributed by atoms with Crippen LogP contribution in [-0.2, 0) is 9.47 Å². The SMILES string of the molecule is CCCOCC(N)C1(C)CCCO1. The van der Waals surface area contributed by atoms with Crippen LogP contribution in [0.25, 0.3) is 0 Å². The molecule has 0 aliphatic carbocycles. The maximum atomic E-state index is 6.00. The normalized spacial score (nSPS) is 30.7. The van der Waals surface area contributed by atoms with Gasteiger partial charge in [-0.3, -0.25) is 0 Å². The number of hydrogen-bond acceptors (Lipinski definition) is 3.